The second kappa shape index (κ2) is 10.1. The van der Waals surface area contributed by atoms with Crippen molar-refractivity contribution in [1.82, 2.24) is 14.7 Å². The molecule has 5 atom stereocenters. The van der Waals surface area contributed by atoms with E-state index in [1.165, 1.54) is 0 Å². The summed E-state index contributed by atoms with van der Waals surface area (Å²) in [5, 5.41) is 9.23. The SMILES string of the molecule is CC[C@@]12C=CCN(C)C(=O)[C@@H]1[C@H]1C(=O)N(CCCCCO)C3C(=O)N(Cc4ccccc4)CC=C[C@@]31O2. The molecule has 1 aromatic rings. The third kappa shape index (κ3) is 4.10. The highest BCUT2D eigenvalue weighted by Crippen LogP contribution is 2.58. The molecular weight excluding hydrogens is 470 g/mol. The van der Waals surface area contributed by atoms with Crippen LogP contribution in [0.3, 0.4) is 0 Å². The summed E-state index contributed by atoms with van der Waals surface area (Å²) in [7, 11) is 1.75. The van der Waals surface area contributed by atoms with E-state index in [4.69, 9.17) is 4.74 Å². The number of hydrogen-bond donors (Lipinski definition) is 1. The highest BCUT2D eigenvalue weighted by molar-refractivity contribution is 6.00. The quantitative estimate of drug-likeness (QED) is 0.430. The van der Waals surface area contributed by atoms with Crippen LogP contribution in [0.2, 0.25) is 0 Å². The van der Waals surface area contributed by atoms with Crippen LogP contribution < -0.4 is 0 Å². The van der Waals surface area contributed by atoms with Gasteiger partial charge < -0.3 is 24.5 Å². The van der Waals surface area contributed by atoms with E-state index in [9.17, 15) is 19.5 Å². The molecule has 4 heterocycles. The lowest BCUT2D eigenvalue weighted by Gasteiger charge is -2.38. The number of rotatable bonds is 8. The lowest BCUT2D eigenvalue weighted by atomic mass is 9.73. The molecule has 2 saturated heterocycles. The van der Waals surface area contributed by atoms with Crippen LogP contribution in [0.5, 0.6) is 0 Å². The monoisotopic (exact) mass is 507 g/mol. The molecule has 0 bridgehead atoms. The maximum Gasteiger partial charge on any atom is 0.249 e. The van der Waals surface area contributed by atoms with Crippen LogP contribution in [0.4, 0.5) is 0 Å². The van der Waals surface area contributed by atoms with Crippen molar-refractivity contribution in [2.45, 2.75) is 56.4 Å². The molecule has 8 heteroatoms. The minimum atomic E-state index is -1.21. The number of hydrogen-bond acceptors (Lipinski definition) is 5. The predicted molar refractivity (Wildman–Crippen MR) is 138 cm³/mol. The van der Waals surface area contributed by atoms with Crippen LogP contribution in [-0.4, -0.2) is 88.1 Å². The molecule has 3 amide bonds. The number of carbonyl (C=O) groups is 3. The van der Waals surface area contributed by atoms with E-state index in [0.29, 0.717) is 45.4 Å². The minimum Gasteiger partial charge on any atom is -0.396 e. The van der Waals surface area contributed by atoms with Gasteiger partial charge >= 0.3 is 0 Å². The number of aliphatic hydroxyl groups is 1. The number of likely N-dealkylation sites (N-methyl/N-ethyl adjacent to an activating group) is 1. The first-order valence-electron chi connectivity index (χ1n) is 13.4. The fourth-order valence-electron chi connectivity index (χ4n) is 6.69. The van der Waals surface area contributed by atoms with Gasteiger partial charge in [-0.1, -0.05) is 61.6 Å². The zero-order valence-corrected chi connectivity index (χ0v) is 21.7. The number of amides is 3. The molecular formula is C29H37N3O5. The van der Waals surface area contributed by atoms with Crippen LogP contribution >= 0.6 is 0 Å². The summed E-state index contributed by atoms with van der Waals surface area (Å²) in [6, 6.07) is 8.98. The fraction of sp³-hybridized carbons (Fsp3) is 0.552. The minimum absolute atomic E-state index is 0.0911. The Morgan fingerprint density at radius 2 is 1.70 bits per heavy atom. The largest absolute Gasteiger partial charge is 0.396 e. The molecule has 8 nitrogen and oxygen atoms in total. The number of unbranched alkanes of at least 4 members (excludes halogenated alkanes) is 2. The summed E-state index contributed by atoms with van der Waals surface area (Å²) in [4.78, 5) is 47.3. The van der Waals surface area contributed by atoms with Gasteiger partial charge in [-0.3, -0.25) is 14.4 Å². The van der Waals surface area contributed by atoms with Gasteiger partial charge in [-0.25, -0.2) is 0 Å². The first kappa shape index (κ1) is 25.7. The summed E-state index contributed by atoms with van der Waals surface area (Å²) < 4.78 is 6.92. The smallest absolute Gasteiger partial charge is 0.249 e. The Kier molecular flexibility index (Phi) is 6.98. The van der Waals surface area contributed by atoms with Crippen molar-refractivity contribution in [3.05, 3.63) is 60.2 Å². The molecule has 0 aliphatic carbocycles. The average molecular weight is 508 g/mol. The van der Waals surface area contributed by atoms with Crippen LogP contribution in [-0.2, 0) is 25.7 Å². The zero-order chi connectivity index (χ0) is 26.2. The molecule has 0 radical (unpaired) electrons. The molecule has 1 N–H and O–H groups in total. The fourth-order valence-corrected chi connectivity index (χ4v) is 6.69. The highest BCUT2D eigenvalue weighted by atomic mass is 16.5. The normalized spacial score (nSPS) is 32.9. The molecule has 0 aromatic heterocycles. The number of aliphatic hydroxyl groups excluding tert-OH is 1. The van der Waals surface area contributed by atoms with Crippen molar-refractivity contribution in [2.75, 3.05) is 33.3 Å². The van der Waals surface area contributed by atoms with Gasteiger partial charge in [0.25, 0.3) is 0 Å². The molecule has 4 aliphatic heterocycles. The molecule has 1 aromatic carbocycles. The Hall–Kier alpha value is -2.97. The lowest BCUT2D eigenvalue weighted by Crippen LogP contribution is -2.56. The lowest BCUT2D eigenvalue weighted by molar-refractivity contribution is -0.154. The van der Waals surface area contributed by atoms with Crippen molar-refractivity contribution in [3.63, 3.8) is 0 Å². The average Bonchev–Trinajstić information content (AvgIpc) is 3.20. The number of nitrogens with zero attached hydrogens (tertiary/aromatic N) is 3. The van der Waals surface area contributed by atoms with Crippen LogP contribution in [0.25, 0.3) is 0 Å². The van der Waals surface area contributed by atoms with Crippen molar-refractivity contribution in [2.24, 2.45) is 11.8 Å². The van der Waals surface area contributed by atoms with Crippen molar-refractivity contribution in [3.8, 4) is 0 Å². The molecule has 2 fully saturated rings. The second-order valence-corrected chi connectivity index (χ2v) is 10.7. The van der Waals surface area contributed by atoms with Gasteiger partial charge in [-0.2, -0.15) is 0 Å². The Bertz CT molecular complexity index is 1100. The van der Waals surface area contributed by atoms with Gasteiger partial charge in [0.1, 0.15) is 11.6 Å². The Morgan fingerprint density at radius 3 is 2.43 bits per heavy atom. The molecule has 198 valence electrons. The molecule has 37 heavy (non-hydrogen) atoms. The van der Waals surface area contributed by atoms with Crippen LogP contribution in [0.1, 0.15) is 38.2 Å². The molecule has 1 unspecified atom stereocenters. The summed E-state index contributed by atoms with van der Waals surface area (Å²) >= 11 is 0. The standard InChI is InChI=1S/C29H37N3O5/c1-3-28-14-10-16-30(2)25(34)22(28)23-26(35)32(18-8-5-9-19-33)24-27(36)31(17-11-15-29(23,24)37-28)20-21-12-6-4-7-13-21/h4,6-7,10-15,22-24,33H,3,5,8-9,16-20H2,1-2H3/t22-,23-,24?,28+,29-/m0/s1. The Balaban J connectivity index is 1.57. The predicted octanol–water partition coefficient (Wildman–Crippen LogP) is 2.14. The molecule has 1 spiro atoms. The van der Waals surface area contributed by atoms with Gasteiger partial charge in [0, 0.05) is 39.8 Å². The van der Waals surface area contributed by atoms with E-state index in [-0.39, 0.29) is 24.3 Å². The van der Waals surface area contributed by atoms with Crippen molar-refractivity contribution < 1.29 is 24.2 Å². The van der Waals surface area contributed by atoms with E-state index < -0.39 is 29.1 Å². The third-order valence-corrected chi connectivity index (χ3v) is 8.50. The second-order valence-electron chi connectivity index (χ2n) is 10.7. The summed E-state index contributed by atoms with van der Waals surface area (Å²) in [6.45, 7) is 3.75. The van der Waals surface area contributed by atoms with Gasteiger partial charge in [0.05, 0.1) is 17.4 Å². The van der Waals surface area contributed by atoms with Crippen LogP contribution in [0, 0.1) is 11.8 Å². The van der Waals surface area contributed by atoms with E-state index in [1.807, 2.05) is 61.6 Å². The van der Waals surface area contributed by atoms with Gasteiger partial charge in [0.2, 0.25) is 17.7 Å². The Morgan fingerprint density at radius 1 is 0.946 bits per heavy atom. The maximum absolute atomic E-state index is 14.3. The number of likely N-dealkylation sites (tertiary alicyclic amines) is 1. The molecule has 0 saturated carbocycles. The molecule has 4 aliphatic rings. The highest BCUT2D eigenvalue weighted by Gasteiger charge is 2.75. The van der Waals surface area contributed by atoms with Gasteiger partial charge in [-0.05, 0) is 31.2 Å². The first-order valence-corrected chi connectivity index (χ1v) is 13.4. The van der Waals surface area contributed by atoms with Gasteiger partial charge in [0.15, 0.2) is 0 Å². The van der Waals surface area contributed by atoms with Gasteiger partial charge in [-0.15, -0.1) is 0 Å². The molecule has 5 rings (SSSR count). The number of benzene rings is 1. The topological polar surface area (TPSA) is 90.4 Å². The third-order valence-electron chi connectivity index (χ3n) is 8.50. The van der Waals surface area contributed by atoms with Crippen LogP contribution in [0.15, 0.2) is 54.6 Å². The van der Waals surface area contributed by atoms with E-state index in [1.54, 1.807) is 21.7 Å². The number of fused-ring (bicyclic) bond motifs is 2. The number of carbonyl (C=O) groups excluding carboxylic acids is 3. The van der Waals surface area contributed by atoms with E-state index >= 15 is 0 Å². The zero-order valence-electron chi connectivity index (χ0n) is 21.7. The van der Waals surface area contributed by atoms with E-state index in [2.05, 4.69) is 0 Å². The Labute approximate surface area is 218 Å². The van der Waals surface area contributed by atoms with Crippen molar-refractivity contribution >= 4 is 17.7 Å². The summed E-state index contributed by atoms with van der Waals surface area (Å²) in [5.74, 6) is -1.93. The maximum atomic E-state index is 14.3. The van der Waals surface area contributed by atoms with E-state index in [0.717, 1.165) is 12.0 Å². The summed E-state index contributed by atoms with van der Waals surface area (Å²) in [5.41, 5.74) is -1.14. The van der Waals surface area contributed by atoms with Crippen molar-refractivity contribution in [1.29, 1.82) is 0 Å². The number of ether oxygens (including phenoxy) is 1. The first-order chi connectivity index (χ1) is 17.9. The summed E-state index contributed by atoms with van der Waals surface area (Å²) in [6.07, 6.45) is 10.3.